The van der Waals surface area contributed by atoms with Crippen LogP contribution in [0.4, 0.5) is 24.9 Å². The maximum Gasteiger partial charge on any atom is 0.408 e. The number of anilines is 1. The number of nitrogens with zero attached hydrogens (tertiary/aromatic N) is 3. The first-order valence-electron chi connectivity index (χ1n) is 35.5. The summed E-state index contributed by atoms with van der Waals surface area (Å²) in [6, 6.07) is 8.16. The van der Waals surface area contributed by atoms with Gasteiger partial charge in [-0.1, -0.05) is 83.5 Å². The van der Waals surface area contributed by atoms with Gasteiger partial charge < -0.3 is 93.4 Å². The zero-order chi connectivity index (χ0) is 77.4. The monoisotopic (exact) mass is 1480 g/mol. The SMILES string of the molecule is CC[C@H](C)[C@@H]([C@@H](CC(=O)N1CCC[C@H]1[C@H](OC)[C@@H](C)C(=O)N[C@@H](Cc1ccccc1)c1nccs1)OC)N(C)C(=O)[C@@H](NC(=O)C(C)(C)NC(=O)OCc1ccc(NC(=O)[C@H](CCCNC(N)=O)NC(=O)[C@H](CCCNC(N)=O)NC(=O)[C@H](CCCCNC(=O)OC(C)(C)C)NC(C)=O)cc1)C(C)C. The molecule has 0 spiro atoms. The van der Waals surface area contributed by atoms with E-state index in [0.717, 1.165) is 10.6 Å². The Kier molecular flexibility index (Phi) is 36.2. The van der Waals surface area contributed by atoms with Crippen LogP contribution in [0.1, 0.15) is 169 Å². The van der Waals surface area contributed by atoms with Crippen LogP contribution >= 0.6 is 11.3 Å². The normalized spacial score (nSPS) is 15.8. The molecule has 4 rings (SSSR count). The van der Waals surface area contributed by atoms with Crippen LogP contribution in [0.15, 0.2) is 66.2 Å². The topological polar surface area (TPSA) is 433 Å². The Morgan fingerprint density at radius 3 is 1.82 bits per heavy atom. The molecule has 1 aliphatic rings. The largest absolute Gasteiger partial charge is 0.445 e. The molecule has 0 unspecified atom stereocenters. The Labute approximate surface area is 614 Å². The second-order valence-electron chi connectivity index (χ2n) is 28.1. The zero-order valence-corrected chi connectivity index (χ0v) is 63.6. The van der Waals surface area contributed by atoms with Crippen molar-refractivity contribution in [2.45, 2.75) is 225 Å². The number of ether oxygens (including phenoxy) is 4. The molecular weight excluding hydrogens is 1360 g/mol. The molecule has 1 saturated heterocycles. The van der Waals surface area contributed by atoms with Crippen LogP contribution in [0.3, 0.4) is 0 Å². The van der Waals surface area contributed by atoms with Crippen molar-refractivity contribution in [3.8, 4) is 0 Å². The van der Waals surface area contributed by atoms with Gasteiger partial charge in [0.25, 0.3) is 0 Å². The minimum atomic E-state index is -1.63. The predicted octanol–water partition coefficient (Wildman–Crippen LogP) is 5.31. The van der Waals surface area contributed by atoms with Gasteiger partial charge in [0.2, 0.25) is 47.3 Å². The van der Waals surface area contributed by atoms with E-state index in [-0.39, 0.29) is 94.2 Å². The summed E-state index contributed by atoms with van der Waals surface area (Å²) in [5, 5.41) is 29.5. The first-order valence-corrected chi connectivity index (χ1v) is 36.4. The highest BCUT2D eigenvalue weighted by Gasteiger charge is 2.44. The summed E-state index contributed by atoms with van der Waals surface area (Å²) >= 11 is 1.46. The number of methoxy groups -OCH3 is 2. The first kappa shape index (κ1) is 87.2. The molecule has 578 valence electrons. The van der Waals surface area contributed by atoms with Gasteiger partial charge >= 0.3 is 24.2 Å². The van der Waals surface area contributed by atoms with E-state index in [1.54, 1.807) is 78.9 Å². The molecular formula is C72H113N15O16S. The number of nitrogens with two attached hydrogens (primary N) is 2. The number of unbranched alkanes of at least 4 members (excludes halogenated alkanes) is 1. The second kappa shape index (κ2) is 43.2. The van der Waals surface area contributed by atoms with Crippen molar-refractivity contribution in [2.75, 3.05) is 52.8 Å². The zero-order valence-electron chi connectivity index (χ0n) is 62.7. The Hall–Kier alpha value is -9.17. The average Bonchev–Trinajstić information content (AvgIpc) is 1.49. The molecule has 1 aliphatic heterocycles. The maximum absolute atomic E-state index is 14.8. The van der Waals surface area contributed by atoms with Gasteiger partial charge in [0.1, 0.15) is 46.9 Å². The van der Waals surface area contributed by atoms with E-state index >= 15 is 0 Å². The Morgan fingerprint density at radius 1 is 0.692 bits per heavy atom. The highest BCUT2D eigenvalue weighted by atomic mass is 32.1. The average molecular weight is 1480 g/mol. The van der Waals surface area contributed by atoms with E-state index < -0.39 is 131 Å². The molecule has 11 atom stereocenters. The van der Waals surface area contributed by atoms with Crippen LogP contribution < -0.4 is 64.6 Å². The van der Waals surface area contributed by atoms with Gasteiger partial charge in [-0.2, -0.15) is 0 Å². The van der Waals surface area contributed by atoms with E-state index in [2.05, 4.69) is 58.2 Å². The van der Waals surface area contributed by atoms with Gasteiger partial charge in [-0.15, -0.1) is 11.3 Å². The van der Waals surface area contributed by atoms with Crippen molar-refractivity contribution in [2.24, 2.45) is 29.2 Å². The molecule has 0 bridgehead atoms. The number of primary amides is 2. The lowest BCUT2D eigenvalue weighted by molar-refractivity contribution is -0.148. The number of rotatable bonds is 42. The van der Waals surface area contributed by atoms with Gasteiger partial charge in [0.15, 0.2) is 0 Å². The fraction of sp³-hybridized carbons (Fsp3) is 0.625. The third kappa shape index (κ3) is 29.5. The number of thiazole rings is 1. The number of amides is 14. The van der Waals surface area contributed by atoms with E-state index in [4.69, 9.17) is 30.4 Å². The summed E-state index contributed by atoms with van der Waals surface area (Å²) in [5.74, 6) is -5.61. The van der Waals surface area contributed by atoms with Crippen LogP contribution in [0.5, 0.6) is 0 Å². The van der Waals surface area contributed by atoms with Crippen LogP contribution in [0, 0.1) is 17.8 Å². The molecule has 0 aliphatic carbocycles. The van der Waals surface area contributed by atoms with Crippen molar-refractivity contribution in [3.05, 3.63) is 82.3 Å². The molecule has 1 fully saturated rings. The lowest BCUT2D eigenvalue weighted by Crippen LogP contribution is -2.62. The fourth-order valence-corrected chi connectivity index (χ4v) is 12.8. The van der Waals surface area contributed by atoms with Crippen molar-refractivity contribution in [3.63, 3.8) is 0 Å². The number of hydrogen-bond acceptors (Lipinski definition) is 18. The van der Waals surface area contributed by atoms with Gasteiger partial charge in [0.05, 0.1) is 42.7 Å². The van der Waals surface area contributed by atoms with E-state index in [1.165, 1.54) is 56.3 Å². The number of alkyl carbamates (subject to hydrolysis) is 2. The molecule has 2 aromatic carbocycles. The highest BCUT2D eigenvalue weighted by molar-refractivity contribution is 7.09. The van der Waals surface area contributed by atoms with Crippen LogP contribution in [-0.4, -0.2) is 193 Å². The quantitative estimate of drug-likeness (QED) is 0.0320. The maximum atomic E-state index is 14.8. The lowest BCUT2D eigenvalue weighted by atomic mass is 9.89. The van der Waals surface area contributed by atoms with E-state index in [1.807, 2.05) is 49.6 Å². The molecule has 31 nitrogen and oxygen atoms in total. The number of benzene rings is 2. The molecule has 3 aromatic rings. The third-order valence-electron chi connectivity index (χ3n) is 17.9. The molecule has 14 N–H and O–H groups in total. The first-order chi connectivity index (χ1) is 49.1. The molecule has 2 heterocycles. The van der Waals surface area contributed by atoms with Crippen LogP contribution in [0.25, 0.3) is 0 Å². The van der Waals surface area contributed by atoms with Crippen molar-refractivity contribution < 1.29 is 76.5 Å². The number of likely N-dealkylation sites (N-methyl/N-ethyl adjacent to an activating group) is 1. The Balaban J connectivity index is 1.40. The van der Waals surface area contributed by atoms with Crippen molar-refractivity contribution >= 4 is 88.5 Å². The smallest absolute Gasteiger partial charge is 0.408 e. The summed E-state index contributed by atoms with van der Waals surface area (Å²) in [7, 11) is 4.66. The number of carbonyl (C=O) groups is 12. The standard InChI is InChI=1S/C72H113N15O16S/c1-15-44(4)58(55(100-13)41-56(89)87-38-23-29-54(87)59(101-14)45(5)60(90)83-53(64-75-37-39-104-64)40-47-24-17-16-18-25-47)86(12)65(94)57(43(2)3)84-66(95)72(10,11)85-70(99)102-42-48-30-32-49(33-31-48)80-61(91)51(27-21-35-76-67(73)96)81-63(93)52(28-22-36-77-68(74)97)82-62(92)50(79-46(6)88)26-19-20-34-78-69(98)103-71(7,8)9/h16-18,24-25,30-33,37,39,43-45,50-55,57-59H,15,19-23,26-29,34-36,38,40-42H2,1-14H3,(H,78,98)(H,79,88)(H,80,91)(H,81,93)(H,82,92)(H,83,90)(H,84,95)(H,85,99)(H3,73,76,96)(H3,74,77,97)/t44-,45+,50-,51-,52-,53-,54-,55+,57-,58-,59+/m0/s1. The van der Waals surface area contributed by atoms with E-state index in [0.29, 0.717) is 50.6 Å². The third-order valence-corrected chi connectivity index (χ3v) is 18.8. The number of urea groups is 2. The predicted molar refractivity (Wildman–Crippen MR) is 392 cm³/mol. The molecule has 0 saturated carbocycles. The Bertz CT molecular complexity index is 3290. The minimum Gasteiger partial charge on any atom is -0.445 e. The number of aromatic nitrogens is 1. The number of likely N-dealkylation sites (tertiary alicyclic amines) is 1. The molecule has 32 heteroatoms. The fourth-order valence-electron chi connectivity index (χ4n) is 12.1. The summed E-state index contributed by atoms with van der Waals surface area (Å²) in [6.45, 7) is 19.0. The van der Waals surface area contributed by atoms with Gasteiger partial charge in [0, 0.05) is 71.6 Å². The summed E-state index contributed by atoms with van der Waals surface area (Å²) in [6.07, 6.45) is 2.16. The number of carbonyl (C=O) groups excluding carboxylic acids is 12. The molecule has 14 amide bonds. The molecule has 104 heavy (non-hydrogen) atoms. The van der Waals surface area contributed by atoms with Gasteiger partial charge in [-0.3, -0.25) is 38.4 Å². The lowest BCUT2D eigenvalue weighted by Gasteiger charge is -2.41. The van der Waals surface area contributed by atoms with Crippen LogP contribution in [-0.2, 0) is 70.3 Å². The molecule has 1 aromatic heterocycles. The number of nitrogens with one attached hydrogen (secondary N) is 10. The summed E-state index contributed by atoms with van der Waals surface area (Å²) < 4.78 is 23.0. The van der Waals surface area contributed by atoms with Crippen molar-refractivity contribution in [1.82, 2.24) is 62.6 Å². The second-order valence-corrected chi connectivity index (χ2v) is 29.0. The highest BCUT2D eigenvalue weighted by Crippen LogP contribution is 2.31. The molecule has 0 radical (unpaired) electrons. The summed E-state index contributed by atoms with van der Waals surface area (Å²) in [5.41, 5.74) is 9.95. The van der Waals surface area contributed by atoms with Crippen molar-refractivity contribution in [1.29, 1.82) is 0 Å². The van der Waals surface area contributed by atoms with E-state index in [9.17, 15) is 57.5 Å². The Morgan fingerprint density at radius 2 is 1.28 bits per heavy atom. The van der Waals surface area contributed by atoms with Gasteiger partial charge in [-0.25, -0.2) is 24.2 Å². The van der Waals surface area contributed by atoms with Crippen LogP contribution in [0.2, 0.25) is 0 Å². The van der Waals surface area contributed by atoms with Gasteiger partial charge in [-0.05, 0) is 134 Å². The minimum absolute atomic E-state index is 0.0271. The summed E-state index contributed by atoms with van der Waals surface area (Å²) in [4.78, 5) is 168. The number of hydrogen-bond donors (Lipinski definition) is 12.